The number of hydrogen-bond donors (Lipinski definition) is 0. The Bertz CT molecular complexity index is 133. The highest BCUT2D eigenvalue weighted by Gasteiger charge is 1.98. The van der Waals surface area contributed by atoms with Crippen LogP contribution in [0.15, 0.2) is 16.4 Å². The van der Waals surface area contributed by atoms with E-state index in [2.05, 4.69) is 10.5 Å². The summed E-state index contributed by atoms with van der Waals surface area (Å²) in [6.45, 7) is 3.94. The quantitative estimate of drug-likeness (QED) is 0.427. The molecule has 1 aliphatic heterocycles. The topological polar surface area (TPSA) is 26.5 Å². The first kappa shape index (κ1) is 4.37. The smallest absolute Gasteiger partial charge is 0.0644 e. The van der Waals surface area contributed by atoms with E-state index in [0.29, 0.717) is 0 Å². The van der Waals surface area contributed by atoms with Gasteiger partial charge in [0.15, 0.2) is 0 Å². The standard InChI is InChI=1S/C5H7N2/c1-4-3-6-7-5(4)2/h3H,1-2H3. The van der Waals surface area contributed by atoms with Crippen LogP contribution in [0.4, 0.5) is 0 Å². The van der Waals surface area contributed by atoms with Crippen LogP contribution in [-0.2, 0) is 0 Å². The highest BCUT2D eigenvalue weighted by molar-refractivity contribution is 5.80. The van der Waals surface area contributed by atoms with Gasteiger partial charge in [0.25, 0.3) is 0 Å². The second-order valence-electron chi connectivity index (χ2n) is 1.61. The lowest BCUT2D eigenvalue weighted by molar-refractivity contribution is 0.892. The first-order chi connectivity index (χ1) is 3.30. The Labute approximate surface area is 42.9 Å². The summed E-state index contributed by atoms with van der Waals surface area (Å²) in [5.74, 6) is 0. The van der Waals surface area contributed by atoms with Crippen molar-refractivity contribution >= 4 is 6.21 Å². The van der Waals surface area contributed by atoms with Crippen molar-refractivity contribution in [2.75, 3.05) is 0 Å². The monoisotopic (exact) mass is 95.1 g/mol. The lowest BCUT2D eigenvalue weighted by Gasteiger charge is -1.84. The van der Waals surface area contributed by atoms with Gasteiger partial charge in [-0.2, -0.15) is 10.5 Å². The summed E-state index contributed by atoms with van der Waals surface area (Å²) in [5.41, 5.74) is 5.96. The van der Waals surface area contributed by atoms with Crippen LogP contribution in [0.25, 0.3) is 0 Å². The minimum Gasteiger partial charge on any atom is -0.159 e. The Morgan fingerprint density at radius 1 is 1.43 bits per heavy atom. The highest BCUT2D eigenvalue weighted by atomic mass is 15.3. The normalized spacial score (nSPS) is 18.0. The molecule has 0 saturated heterocycles. The van der Waals surface area contributed by atoms with Crippen LogP contribution < -0.4 is 5.43 Å². The molecule has 0 spiro atoms. The third-order valence-electron chi connectivity index (χ3n) is 1.03. The van der Waals surface area contributed by atoms with Crippen LogP contribution in [0.2, 0.25) is 0 Å². The number of allylic oxidation sites excluding steroid dienone is 2. The molecule has 0 aromatic rings. The van der Waals surface area contributed by atoms with Gasteiger partial charge >= 0.3 is 0 Å². The molecule has 37 valence electrons. The maximum Gasteiger partial charge on any atom is 0.0644 e. The Kier molecular flexibility index (Phi) is 0.855. The van der Waals surface area contributed by atoms with Gasteiger partial charge in [-0.1, -0.05) is 0 Å². The predicted molar refractivity (Wildman–Crippen MR) is 29.0 cm³/mol. The average molecular weight is 95.1 g/mol. The summed E-state index contributed by atoms with van der Waals surface area (Å²) in [4.78, 5) is 0. The fraction of sp³-hybridized carbons (Fsp3) is 0.400. The number of rotatable bonds is 0. The maximum absolute atomic E-state index is 3.77. The molecule has 0 amide bonds. The Hall–Kier alpha value is -0.790. The van der Waals surface area contributed by atoms with Crippen LogP contribution in [0.3, 0.4) is 0 Å². The molecule has 0 saturated carbocycles. The molecule has 1 radical (unpaired) electrons. The molecular weight excluding hydrogens is 88.1 g/mol. The molecule has 2 heteroatoms. The zero-order valence-electron chi connectivity index (χ0n) is 4.47. The number of hydrogen-bond acceptors (Lipinski definition) is 1. The molecule has 7 heavy (non-hydrogen) atoms. The molecule has 1 rings (SSSR count). The van der Waals surface area contributed by atoms with Crippen LogP contribution >= 0.6 is 0 Å². The molecule has 0 bridgehead atoms. The fourth-order valence-corrected chi connectivity index (χ4v) is 0.374. The van der Waals surface area contributed by atoms with Crippen molar-refractivity contribution in [3.8, 4) is 0 Å². The minimum absolute atomic E-state index is 1.03. The molecule has 0 fully saturated rings. The van der Waals surface area contributed by atoms with E-state index in [1.807, 2.05) is 13.8 Å². The summed E-state index contributed by atoms with van der Waals surface area (Å²) >= 11 is 0. The molecule has 0 unspecified atom stereocenters. The first-order valence-corrected chi connectivity index (χ1v) is 2.22. The summed E-state index contributed by atoms with van der Waals surface area (Å²) < 4.78 is 0. The van der Waals surface area contributed by atoms with Crippen LogP contribution in [0.5, 0.6) is 0 Å². The van der Waals surface area contributed by atoms with Gasteiger partial charge in [-0.05, 0) is 19.4 Å². The molecule has 0 N–H and O–H groups in total. The fourth-order valence-electron chi connectivity index (χ4n) is 0.374. The van der Waals surface area contributed by atoms with Crippen molar-refractivity contribution in [3.05, 3.63) is 11.3 Å². The molecule has 1 heterocycles. The van der Waals surface area contributed by atoms with Crippen LogP contribution in [0.1, 0.15) is 13.8 Å². The Morgan fingerprint density at radius 3 is 2.29 bits per heavy atom. The van der Waals surface area contributed by atoms with E-state index in [0.717, 1.165) is 5.70 Å². The van der Waals surface area contributed by atoms with Gasteiger partial charge in [-0.3, -0.25) is 0 Å². The summed E-state index contributed by atoms with van der Waals surface area (Å²) in [6.07, 6.45) is 1.76. The van der Waals surface area contributed by atoms with E-state index in [-0.39, 0.29) is 0 Å². The molecule has 0 aliphatic carbocycles. The average Bonchev–Trinajstić information content (AvgIpc) is 1.91. The van der Waals surface area contributed by atoms with Crippen molar-refractivity contribution < 1.29 is 0 Å². The van der Waals surface area contributed by atoms with E-state index < -0.39 is 0 Å². The third kappa shape index (κ3) is 0.633. The van der Waals surface area contributed by atoms with Crippen LogP contribution in [0, 0.1) is 0 Å². The largest absolute Gasteiger partial charge is 0.159 e. The molecule has 2 nitrogen and oxygen atoms in total. The van der Waals surface area contributed by atoms with E-state index >= 15 is 0 Å². The van der Waals surface area contributed by atoms with Gasteiger partial charge in [0.2, 0.25) is 0 Å². The first-order valence-electron chi connectivity index (χ1n) is 2.22. The molecular formula is C5H7N2. The summed E-state index contributed by atoms with van der Waals surface area (Å²) in [7, 11) is 0. The van der Waals surface area contributed by atoms with Crippen molar-refractivity contribution in [2.24, 2.45) is 5.10 Å². The van der Waals surface area contributed by atoms with E-state index in [9.17, 15) is 0 Å². The van der Waals surface area contributed by atoms with Gasteiger partial charge in [0.1, 0.15) is 0 Å². The minimum atomic E-state index is 1.03. The van der Waals surface area contributed by atoms with Gasteiger partial charge < -0.3 is 0 Å². The molecule has 0 aromatic carbocycles. The van der Waals surface area contributed by atoms with Gasteiger partial charge in [-0.25, -0.2) is 0 Å². The Morgan fingerprint density at radius 2 is 2.14 bits per heavy atom. The van der Waals surface area contributed by atoms with E-state index in [1.165, 1.54) is 5.57 Å². The van der Waals surface area contributed by atoms with Crippen molar-refractivity contribution in [1.82, 2.24) is 5.43 Å². The predicted octanol–water partition coefficient (Wildman–Crippen LogP) is 0.884. The van der Waals surface area contributed by atoms with Gasteiger partial charge in [0, 0.05) is 0 Å². The number of nitrogens with zero attached hydrogens (tertiary/aromatic N) is 2. The van der Waals surface area contributed by atoms with Crippen LogP contribution in [-0.4, -0.2) is 6.21 Å². The maximum atomic E-state index is 3.77. The lowest BCUT2D eigenvalue weighted by atomic mass is 10.3. The molecule has 1 aliphatic rings. The summed E-state index contributed by atoms with van der Waals surface area (Å²) in [6, 6.07) is 0. The molecule has 0 atom stereocenters. The lowest BCUT2D eigenvalue weighted by Crippen LogP contribution is -1.84. The summed E-state index contributed by atoms with van der Waals surface area (Å²) in [5, 5.41) is 3.67. The van der Waals surface area contributed by atoms with E-state index in [1.54, 1.807) is 6.21 Å². The van der Waals surface area contributed by atoms with Gasteiger partial charge in [0.05, 0.1) is 11.9 Å². The van der Waals surface area contributed by atoms with Crippen molar-refractivity contribution in [3.63, 3.8) is 0 Å². The highest BCUT2D eigenvalue weighted by Crippen LogP contribution is 2.02. The third-order valence-corrected chi connectivity index (χ3v) is 1.03. The Balaban J connectivity index is 2.79. The van der Waals surface area contributed by atoms with E-state index in [4.69, 9.17) is 0 Å². The zero-order valence-corrected chi connectivity index (χ0v) is 4.47. The SMILES string of the molecule is CC1=C(C)[N]N=C1. The second-order valence-corrected chi connectivity index (χ2v) is 1.61. The van der Waals surface area contributed by atoms with Gasteiger partial charge in [-0.15, -0.1) is 0 Å². The zero-order chi connectivity index (χ0) is 5.28. The van der Waals surface area contributed by atoms with Crippen molar-refractivity contribution in [1.29, 1.82) is 0 Å². The second kappa shape index (κ2) is 1.37. The molecule has 0 aromatic heterocycles. The van der Waals surface area contributed by atoms with Crippen molar-refractivity contribution in [2.45, 2.75) is 13.8 Å².